The SMILES string of the molecule is Cc1nn(-c2ccc(F)cc2)c(Cl)c1C(=O)N1CCN(S(=O)(=O)c2c(C)noc2C)CC1. The number of hydrogen-bond donors (Lipinski definition) is 0. The average molecular weight is 482 g/mol. The van der Waals surface area contributed by atoms with Gasteiger partial charge in [-0.2, -0.15) is 9.40 Å². The minimum atomic E-state index is -3.78. The predicted molar refractivity (Wildman–Crippen MR) is 114 cm³/mol. The van der Waals surface area contributed by atoms with Crippen LogP contribution in [0.25, 0.3) is 5.69 Å². The van der Waals surface area contributed by atoms with Gasteiger partial charge in [0.25, 0.3) is 5.91 Å². The number of aryl methyl sites for hydroxylation is 3. The summed E-state index contributed by atoms with van der Waals surface area (Å²) in [6.45, 7) is 5.43. The van der Waals surface area contributed by atoms with Gasteiger partial charge in [0.2, 0.25) is 10.0 Å². The second-order valence-corrected chi connectivity index (χ2v) is 9.72. The topological polar surface area (TPSA) is 102 Å². The molecule has 0 N–H and O–H groups in total. The van der Waals surface area contributed by atoms with Crippen LogP contribution in [0, 0.1) is 26.6 Å². The zero-order valence-corrected chi connectivity index (χ0v) is 19.2. The Morgan fingerprint density at radius 1 is 1.06 bits per heavy atom. The van der Waals surface area contributed by atoms with Gasteiger partial charge in [-0.1, -0.05) is 16.8 Å². The number of benzene rings is 1. The fourth-order valence-electron chi connectivity index (χ4n) is 3.76. The van der Waals surface area contributed by atoms with Gasteiger partial charge in [0.1, 0.15) is 21.6 Å². The first kappa shape index (κ1) is 22.4. The van der Waals surface area contributed by atoms with E-state index in [2.05, 4.69) is 10.3 Å². The summed E-state index contributed by atoms with van der Waals surface area (Å²) in [4.78, 5) is 14.8. The maximum atomic E-state index is 13.2. The van der Waals surface area contributed by atoms with Crippen LogP contribution in [0.5, 0.6) is 0 Å². The van der Waals surface area contributed by atoms with Gasteiger partial charge in [0.15, 0.2) is 5.76 Å². The normalized spacial score (nSPS) is 15.3. The number of carbonyl (C=O) groups is 1. The summed E-state index contributed by atoms with van der Waals surface area (Å²) in [5.74, 6) is -0.499. The summed E-state index contributed by atoms with van der Waals surface area (Å²) in [6, 6.07) is 5.59. The zero-order chi connectivity index (χ0) is 23.2. The molecule has 9 nitrogen and oxygen atoms in total. The van der Waals surface area contributed by atoms with Crippen molar-refractivity contribution in [3.8, 4) is 5.69 Å². The highest BCUT2D eigenvalue weighted by Gasteiger charge is 2.35. The molecule has 0 aliphatic carbocycles. The van der Waals surface area contributed by atoms with Gasteiger partial charge in [0.05, 0.1) is 16.9 Å². The van der Waals surface area contributed by atoms with Crippen LogP contribution in [-0.4, -0.2) is 64.6 Å². The lowest BCUT2D eigenvalue weighted by Crippen LogP contribution is -2.50. The van der Waals surface area contributed by atoms with Gasteiger partial charge in [-0.15, -0.1) is 0 Å². The predicted octanol–water partition coefficient (Wildman–Crippen LogP) is 2.72. The summed E-state index contributed by atoms with van der Waals surface area (Å²) < 4.78 is 46.9. The quantitative estimate of drug-likeness (QED) is 0.568. The number of rotatable bonds is 4. The van der Waals surface area contributed by atoms with Crippen molar-refractivity contribution in [2.45, 2.75) is 25.7 Å². The number of halogens is 2. The number of amides is 1. The minimum absolute atomic E-state index is 0.0664. The Bertz CT molecular complexity index is 1260. The van der Waals surface area contributed by atoms with Crippen LogP contribution in [-0.2, 0) is 10.0 Å². The molecule has 1 amide bonds. The van der Waals surface area contributed by atoms with Crippen LogP contribution in [0.2, 0.25) is 5.15 Å². The van der Waals surface area contributed by atoms with Crippen molar-refractivity contribution >= 4 is 27.5 Å². The number of aromatic nitrogens is 3. The summed E-state index contributed by atoms with van der Waals surface area (Å²) >= 11 is 6.46. The lowest BCUT2D eigenvalue weighted by molar-refractivity contribution is 0.0697. The second kappa shape index (κ2) is 8.30. The van der Waals surface area contributed by atoms with Gasteiger partial charge in [0, 0.05) is 26.2 Å². The molecule has 3 heterocycles. The van der Waals surface area contributed by atoms with Gasteiger partial charge < -0.3 is 9.42 Å². The Morgan fingerprint density at radius 2 is 1.69 bits per heavy atom. The molecule has 32 heavy (non-hydrogen) atoms. The van der Waals surface area contributed by atoms with Crippen molar-refractivity contribution in [3.63, 3.8) is 0 Å². The molecule has 0 spiro atoms. The maximum Gasteiger partial charge on any atom is 0.259 e. The van der Waals surface area contributed by atoms with Crippen molar-refractivity contribution in [1.29, 1.82) is 0 Å². The summed E-state index contributed by atoms with van der Waals surface area (Å²) in [5, 5.41) is 8.16. The molecule has 12 heteroatoms. The molecule has 0 bridgehead atoms. The molecule has 1 aliphatic heterocycles. The van der Waals surface area contributed by atoms with E-state index < -0.39 is 15.8 Å². The fourth-order valence-corrected chi connectivity index (χ4v) is 5.82. The van der Waals surface area contributed by atoms with Crippen LogP contribution in [0.15, 0.2) is 33.7 Å². The first-order valence-corrected chi connectivity index (χ1v) is 11.7. The molecule has 1 fully saturated rings. The molecule has 0 atom stereocenters. The molecule has 1 aromatic carbocycles. The highest BCUT2D eigenvalue weighted by atomic mass is 35.5. The Balaban J connectivity index is 1.53. The lowest BCUT2D eigenvalue weighted by atomic mass is 10.2. The van der Waals surface area contributed by atoms with Crippen molar-refractivity contribution in [2.24, 2.45) is 0 Å². The number of piperazine rings is 1. The molecular weight excluding hydrogens is 461 g/mol. The van der Waals surface area contributed by atoms with Crippen LogP contribution in [0.3, 0.4) is 0 Å². The number of sulfonamides is 1. The largest absolute Gasteiger partial charge is 0.360 e. The summed E-state index contributed by atoms with van der Waals surface area (Å²) in [7, 11) is -3.78. The number of carbonyl (C=O) groups excluding carboxylic acids is 1. The van der Waals surface area contributed by atoms with Crippen molar-refractivity contribution < 1.29 is 22.1 Å². The van der Waals surface area contributed by atoms with E-state index in [1.54, 1.807) is 25.7 Å². The molecule has 0 radical (unpaired) electrons. The first-order chi connectivity index (χ1) is 15.1. The van der Waals surface area contributed by atoms with E-state index in [-0.39, 0.29) is 53.5 Å². The van der Waals surface area contributed by atoms with E-state index in [0.29, 0.717) is 17.1 Å². The van der Waals surface area contributed by atoms with E-state index >= 15 is 0 Å². The summed E-state index contributed by atoms with van der Waals surface area (Å²) in [5.41, 5.74) is 1.48. The van der Waals surface area contributed by atoms with E-state index in [1.807, 2.05) is 0 Å². The summed E-state index contributed by atoms with van der Waals surface area (Å²) in [6.07, 6.45) is 0. The van der Waals surface area contributed by atoms with Gasteiger partial charge in [-0.05, 0) is 45.0 Å². The zero-order valence-electron chi connectivity index (χ0n) is 17.7. The molecule has 3 aromatic rings. The Hall–Kier alpha value is -2.76. The van der Waals surface area contributed by atoms with Gasteiger partial charge >= 0.3 is 0 Å². The molecule has 170 valence electrons. The van der Waals surface area contributed by atoms with E-state index in [1.165, 1.54) is 33.3 Å². The Morgan fingerprint density at radius 3 is 2.25 bits per heavy atom. The van der Waals surface area contributed by atoms with E-state index in [9.17, 15) is 17.6 Å². The van der Waals surface area contributed by atoms with Crippen LogP contribution >= 0.6 is 11.6 Å². The second-order valence-electron chi connectivity index (χ2n) is 7.49. The fraction of sp³-hybridized carbons (Fsp3) is 0.350. The third-order valence-electron chi connectivity index (χ3n) is 5.38. The van der Waals surface area contributed by atoms with Crippen molar-refractivity contribution in [1.82, 2.24) is 24.1 Å². The van der Waals surface area contributed by atoms with Crippen LogP contribution in [0.4, 0.5) is 4.39 Å². The minimum Gasteiger partial charge on any atom is -0.360 e. The third kappa shape index (κ3) is 3.80. The molecule has 1 saturated heterocycles. The monoisotopic (exact) mass is 481 g/mol. The standard InChI is InChI=1S/C20H21ClFN5O4S/c1-12-17(19(21)27(23-12)16-6-4-15(22)5-7-16)20(28)25-8-10-26(11-9-25)32(29,30)18-13(2)24-31-14(18)3/h4-7H,8-11H2,1-3H3. The highest BCUT2D eigenvalue weighted by molar-refractivity contribution is 7.89. The molecule has 1 aliphatic rings. The van der Waals surface area contributed by atoms with Crippen LogP contribution in [0.1, 0.15) is 27.5 Å². The highest BCUT2D eigenvalue weighted by Crippen LogP contribution is 2.27. The molecule has 0 unspecified atom stereocenters. The lowest BCUT2D eigenvalue weighted by Gasteiger charge is -2.33. The average Bonchev–Trinajstić information content (AvgIpc) is 3.26. The van der Waals surface area contributed by atoms with Gasteiger partial charge in [-0.25, -0.2) is 17.5 Å². The van der Waals surface area contributed by atoms with Crippen molar-refractivity contribution in [3.05, 3.63) is 57.9 Å². The van der Waals surface area contributed by atoms with Crippen molar-refractivity contribution in [2.75, 3.05) is 26.2 Å². The molecule has 2 aromatic heterocycles. The molecule has 0 saturated carbocycles. The third-order valence-corrected chi connectivity index (χ3v) is 7.87. The van der Waals surface area contributed by atoms with E-state index in [4.69, 9.17) is 16.1 Å². The number of hydrogen-bond acceptors (Lipinski definition) is 6. The molecule has 4 rings (SSSR count). The molecular formula is C20H21ClFN5O4S. The van der Waals surface area contributed by atoms with E-state index in [0.717, 1.165) is 0 Å². The van der Waals surface area contributed by atoms with Crippen LogP contribution < -0.4 is 0 Å². The smallest absolute Gasteiger partial charge is 0.259 e. The van der Waals surface area contributed by atoms with Gasteiger partial charge in [-0.3, -0.25) is 4.79 Å². The Kier molecular flexibility index (Phi) is 5.82. The first-order valence-electron chi connectivity index (χ1n) is 9.84. The Labute approximate surface area is 189 Å². The number of nitrogens with zero attached hydrogens (tertiary/aromatic N) is 5. The maximum absolute atomic E-state index is 13.2.